The van der Waals surface area contributed by atoms with Crippen LogP contribution in [0.15, 0.2) is 10.4 Å². The van der Waals surface area contributed by atoms with Gasteiger partial charge in [-0.1, -0.05) is 19.3 Å². The van der Waals surface area contributed by atoms with Crippen molar-refractivity contribution in [3.05, 3.63) is 16.1 Å². The van der Waals surface area contributed by atoms with Crippen LogP contribution in [0.4, 0.5) is 13.2 Å². The van der Waals surface area contributed by atoms with Gasteiger partial charge in [0.2, 0.25) is 0 Å². The molecule has 2 rings (SSSR count). The maximum Gasteiger partial charge on any atom is 0.434 e. The van der Waals surface area contributed by atoms with Crippen molar-refractivity contribution in [1.82, 2.24) is 15.6 Å². The lowest BCUT2D eigenvalue weighted by Crippen LogP contribution is -2.44. The maximum absolute atomic E-state index is 12.5. The van der Waals surface area contributed by atoms with Gasteiger partial charge in [-0.05, 0) is 19.8 Å². The quantitative estimate of drug-likeness (QED) is 0.654. The zero-order valence-corrected chi connectivity index (χ0v) is 13.4. The molecule has 1 fully saturated rings. The van der Waals surface area contributed by atoms with Crippen molar-refractivity contribution in [3.63, 3.8) is 0 Å². The lowest BCUT2D eigenvalue weighted by Gasteiger charge is -2.24. The summed E-state index contributed by atoms with van der Waals surface area (Å²) in [5, 5.41) is 7.89. The minimum Gasteiger partial charge on any atom is -0.357 e. The summed E-state index contributed by atoms with van der Waals surface area (Å²) in [5.41, 5.74) is -0.840. The Balaban J connectivity index is 1.95. The van der Waals surface area contributed by atoms with E-state index < -0.39 is 11.9 Å². The molecule has 0 unspecified atom stereocenters. The average molecular weight is 334 g/mol. The fourth-order valence-electron chi connectivity index (χ4n) is 2.42. The highest BCUT2D eigenvalue weighted by Gasteiger charge is 2.33. The van der Waals surface area contributed by atoms with E-state index in [0.29, 0.717) is 23.6 Å². The summed E-state index contributed by atoms with van der Waals surface area (Å²) < 4.78 is 37.5. The second-order valence-corrected chi connectivity index (χ2v) is 6.24. The van der Waals surface area contributed by atoms with Crippen LogP contribution in [0, 0.1) is 0 Å². The van der Waals surface area contributed by atoms with Crippen molar-refractivity contribution in [2.75, 3.05) is 6.54 Å². The first-order valence-corrected chi connectivity index (χ1v) is 8.43. The monoisotopic (exact) mass is 334 g/mol. The van der Waals surface area contributed by atoms with E-state index >= 15 is 0 Å². The number of nitrogens with zero attached hydrogens (tertiary/aromatic N) is 2. The molecule has 0 atom stereocenters. The summed E-state index contributed by atoms with van der Waals surface area (Å²) in [5.74, 6) is 0.651. The predicted octanol–water partition coefficient (Wildman–Crippen LogP) is 3.55. The van der Waals surface area contributed by atoms with Crippen LogP contribution in [0.5, 0.6) is 0 Å². The first kappa shape index (κ1) is 17.1. The molecule has 0 saturated heterocycles. The number of aliphatic imine (C=N–C) groups is 1. The third kappa shape index (κ3) is 5.15. The maximum atomic E-state index is 12.5. The highest BCUT2D eigenvalue weighted by Crippen LogP contribution is 2.30. The van der Waals surface area contributed by atoms with Gasteiger partial charge in [0.25, 0.3) is 0 Å². The van der Waals surface area contributed by atoms with Crippen LogP contribution < -0.4 is 10.6 Å². The van der Waals surface area contributed by atoms with Crippen LogP contribution in [-0.2, 0) is 12.7 Å². The highest BCUT2D eigenvalue weighted by molar-refractivity contribution is 7.09. The van der Waals surface area contributed by atoms with Crippen molar-refractivity contribution in [1.29, 1.82) is 0 Å². The van der Waals surface area contributed by atoms with Gasteiger partial charge < -0.3 is 10.6 Å². The molecule has 1 aliphatic rings. The van der Waals surface area contributed by atoms with Gasteiger partial charge in [0.05, 0.1) is 6.54 Å². The lowest BCUT2D eigenvalue weighted by atomic mass is 9.96. The Morgan fingerprint density at radius 3 is 2.68 bits per heavy atom. The summed E-state index contributed by atoms with van der Waals surface area (Å²) in [6.45, 7) is 2.83. The second-order valence-electron chi connectivity index (χ2n) is 5.30. The topological polar surface area (TPSA) is 49.3 Å². The zero-order valence-electron chi connectivity index (χ0n) is 12.5. The summed E-state index contributed by atoms with van der Waals surface area (Å²) in [6, 6.07) is 0.397. The van der Waals surface area contributed by atoms with Crippen molar-refractivity contribution >= 4 is 17.3 Å². The van der Waals surface area contributed by atoms with Gasteiger partial charge in [0, 0.05) is 18.0 Å². The number of hydrogen-bond acceptors (Lipinski definition) is 3. The Morgan fingerprint density at radius 1 is 1.36 bits per heavy atom. The van der Waals surface area contributed by atoms with Crippen molar-refractivity contribution in [2.24, 2.45) is 4.99 Å². The van der Waals surface area contributed by atoms with Gasteiger partial charge in [0.15, 0.2) is 11.7 Å². The lowest BCUT2D eigenvalue weighted by molar-refractivity contribution is -0.140. The molecule has 0 aliphatic heterocycles. The summed E-state index contributed by atoms with van der Waals surface area (Å²) in [6.07, 6.45) is 1.52. The minimum absolute atomic E-state index is 0.156. The summed E-state index contributed by atoms with van der Waals surface area (Å²) in [4.78, 5) is 7.94. The van der Waals surface area contributed by atoms with Gasteiger partial charge >= 0.3 is 6.18 Å². The van der Waals surface area contributed by atoms with E-state index in [1.165, 1.54) is 19.3 Å². The molecule has 1 heterocycles. The van der Waals surface area contributed by atoms with Gasteiger partial charge in [-0.15, -0.1) is 11.3 Å². The fourth-order valence-corrected chi connectivity index (χ4v) is 3.14. The number of hydrogen-bond donors (Lipinski definition) is 2. The summed E-state index contributed by atoms with van der Waals surface area (Å²) >= 11 is 0.989. The third-order valence-corrected chi connectivity index (χ3v) is 4.34. The molecule has 0 spiro atoms. The Hall–Kier alpha value is -1.31. The number of rotatable bonds is 4. The Kier molecular flexibility index (Phi) is 6.05. The molecule has 0 amide bonds. The molecule has 1 saturated carbocycles. The van der Waals surface area contributed by atoms with Crippen LogP contribution >= 0.6 is 11.3 Å². The van der Waals surface area contributed by atoms with E-state index in [1.807, 2.05) is 6.92 Å². The number of nitrogens with one attached hydrogen (secondary N) is 2. The van der Waals surface area contributed by atoms with Crippen molar-refractivity contribution < 1.29 is 13.2 Å². The van der Waals surface area contributed by atoms with E-state index in [-0.39, 0.29) is 6.54 Å². The SMILES string of the molecule is CCNC(=NCc1nc(C(F)(F)F)cs1)NC1CCCCC1. The zero-order chi connectivity index (χ0) is 16.0. The molecule has 4 nitrogen and oxygen atoms in total. The number of halogens is 3. The Bertz CT molecular complexity index is 493. The highest BCUT2D eigenvalue weighted by atomic mass is 32.1. The standard InChI is InChI=1S/C14H21F3N4S/c1-2-18-13(20-10-6-4-3-5-7-10)19-8-12-21-11(9-22-12)14(15,16)17/h9-10H,2-8H2,1H3,(H2,18,19,20). The molecule has 0 bridgehead atoms. The number of alkyl halides is 3. The minimum atomic E-state index is -4.39. The van der Waals surface area contributed by atoms with E-state index in [2.05, 4.69) is 20.6 Å². The molecule has 8 heteroatoms. The molecule has 2 N–H and O–H groups in total. The largest absolute Gasteiger partial charge is 0.434 e. The number of aromatic nitrogens is 1. The molecule has 124 valence electrons. The first-order valence-electron chi connectivity index (χ1n) is 7.55. The molecule has 0 radical (unpaired) electrons. The smallest absolute Gasteiger partial charge is 0.357 e. The average Bonchev–Trinajstić information content (AvgIpc) is 2.95. The second kappa shape index (κ2) is 7.80. The van der Waals surface area contributed by atoms with Gasteiger partial charge in [-0.25, -0.2) is 9.98 Å². The van der Waals surface area contributed by atoms with Crippen molar-refractivity contribution in [2.45, 2.75) is 57.8 Å². The number of guanidine groups is 1. The first-order chi connectivity index (χ1) is 10.5. The summed E-state index contributed by atoms with van der Waals surface area (Å²) in [7, 11) is 0. The third-order valence-electron chi connectivity index (χ3n) is 3.50. The van der Waals surface area contributed by atoms with E-state index in [4.69, 9.17) is 0 Å². The van der Waals surface area contributed by atoms with Crippen LogP contribution in [0.25, 0.3) is 0 Å². The molecule has 1 aromatic heterocycles. The van der Waals surface area contributed by atoms with Crippen LogP contribution in [0.3, 0.4) is 0 Å². The van der Waals surface area contributed by atoms with Gasteiger partial charge in [0.1, 0.15) is 5.01 Å². The van der Waals surface area contributed by atoms with Gasteiger partial charge in [-0.2, -0.15) is 13.2 Å². The van der Waals surface area contributed by atoms with E-state index in [9.17, 15) is 13.2 Å². The van der Waals surface area contributed by atoms with Crippen LogP contribution in [0.2, 0.25) is 0 Å². The molecule has 22 heavy (non-hydrogen) atoms. The normalized spacial score (nSPS) is 17.5. The number of thiazole rings is 1. The van der Waals surface area contributed by atoms with Gasteiger partial charge in [-0.3, -0.25) is 0 Å². The Labute approximate surface area is 132 Å². The van der Waals surface area contributed by atoms with Crippen LogP contribution in [-0.4, -0.2) is 23.5 Å². The molecule has 1 aromatic rings. The fraction of sp³-hybridized carbons (Fsp3) is 0.714. The van der Waals surface area contributed by atoms with Crippen molar-refractivity contribution in [3.8, 4) is 0 Å². The predicted molar refractivity (Wildman–Crippen MR) is 81.9 cm³/mol. The van der Waals surface area contributed by atoms with E-state index in [1.54, 1.807) is 0 Å². The molecular weight excluding hydrogens is 313 g/mol. The molecule has 0 aromatic carbocycles. The van der Waals surface area contributed by atoms with E-state index in [0.717, 1.165) is 29.6 Å². The molecule has 1 aliphatic carbocycles. The Morgan fingerprint density at radius 2 is 2.09 bits per heavy atom. The molecular formula is C14H21F3N4S. The van der Waals surface area contributed by atoms with Crippen LogP contribution in [0.1, 0.15) is 49.7 Å².